The number of aliphatic hydroxyl groups is 2. The predicted octanol–water partition coefficient (Wildman–Crippen LogP) is 1.40. The van der Waals surface area contributed by atoms with Crippen molar-refractivity contribution in [2.45, 2.75) is 25.0 Å². The number of aliphatic hydroxyl groups excluding tert-OH is 2. The summed E-state index contributed by atoms with van der Waals surface area (Å²) in [7, 11) is 0. The molecular formula is C16H18N2O3S. The number of carbonyl (C=O) groups excluding carboxylic acids is 1. The first kappa shape index (κ1) is 14.1. The number of nitrogens with one attached hydrogen (secondary N) is 1. The zero-order valence-corrected chi connectivity index (χ0v) is 12.8. The highest BCUT2D eigenvalue weighted by Crippen LogP contribution is 2.48. The molecule has 2 saturated carbocycles. The maximum Gasteiger partial charge on any atom is 0.271 e. The lowest BCUT2D eigenvalue weighted by Crippen LogP contribution is -2.41. The summed E-state index contributed by atoms with van der Waals surface area (Å²) in [5.41, 5.74) is 0.469. The molecule has 2 heterocycles. The van der Waals surface area contributed by atoms with Crippen molar-refractivity contribution in [1.29, 1.82) is 0 Å². The van der Waals surface area contributed by atoms with Gasteiger partial charge in [0, 0.05) is 12.7 Å². The van der Waals surface area contributed by atoms with Crippen LogP contribution in [0.5, 0.6) is 0 Å². The number of thiophene rings is 1. The number of nitrogens with zero attached hydrogens (tertiary/aromatic N) is 1. The molecule has 0 spiro atoms. The Bertz CT molecular complexity index is 714. The minimum absolute atomic E-state index is 0.103. The van der Waals surface area contributed by atoms with Crippen LogP contribution < -0.4 is 5.32 Å². The second-order valence-corrected chi connectivity index (χ2v) is 7.26. The molecule has 0 aliphatic heterocycles. The van der Waals surface area contributed by atoms with Crippen LogP contribution in [0.4, 0.5) is 0 Å². The van der Waals surface area contributed by atoms with E-state index in [0.29, 0.717) is 12.2 Å². The van der Waals surface area contributed by atoms with Gasteiger partial charge in [-0.05, 0) is 53.5 Å². The van der Waals surface area contributed by atoms with Gasteiger partial charge in [-0.1, -0.05) is 0 Å². The monoisotopic (exact) mass is 318 g/mol. The molecule has 116 valence electrons. The minimum atomic E-state index is -0.639. The summed E-state index contributed by atoms with van der Waals surface area (Å²) in [5.74, 6) is 0.368. The summed E-state index contributed by atoms with van der Waals surface area (Å²) >= 11 is 1.52. The van der Waals surface area contributed by atoms with Gasteiger partial charge in [-0.25, -0.2) is 4.98 Å². The van der Waals surface area contributed by atoms with E-state index in [2.05, 4.69) is 10.3 Å². The molecule has 2 aliphatic rings. The third kappa shape index (κ3) is 2.14. The topological polar surface area (TPSA) is 82.5 Å². The van der Waals surface area contributed by atoms with E-state index in [0.717, 1.165) is 22.9 Å². The van der Waals surface area contributed by atoms with Crippen molar-refractivity contribution in [2.75, 3.05) is 6.54 Å². The largest absolute Gasteiger partial charge is 0.390 e. The average molecular weight is 318 g/mol. The molecule has 22 heavy (non-hydrogen) atoms. The van der Waals surface area contributed by atoms with E-state index in [1.54, 1.807) is 6.20 Å². The third-order valence-corrected chi connectivity index (χ3v) is 6.10. The fourth-order valence-electron chi connectivity index (χ4n) is 4.03. The maximum absolute atomic E-state index is 12.4. The van der Waals surface area contributed by atoms with Crippen molar-refractivity contribution in [1.82, 2.24) is 10.3 Å². The SMILES string of the molecule is O=C(NC[C@H]1C[C@@H]2C[C@H]1[C@@H](O)[C@H]2O)c1nccc2ccsc12. The van der Waals surface area contributed by atoms with E-state index in [-0.39, 0.29) is 23.7 Å². The smallest absolute Gasteiger partial charge is 0.271 e. The molecule has 5 nitrogen and oxygen atoms in total. The Kier molecular flexibility index (Phi) is 3.40. The van der Waals surface area contributed by atoms with E-state index in [1.807, 2.05) is 17.5 Å². The molecule has 6 heteroatoms. The van der Waals surface area contributed by atoms with Crippen molar-refractivity contribution in [2.24, 2.45) is 17.8 Å². The van der Waals surface area contributed by atoms with Crippen LogP contribution in [0, 0.1) is 17.8 Å². The van der Waals surface area contributed by atoms with Gasteiger partial charge < -0.3 is 15.5 Å². The minimum Gasteiger partial charge on any atom is -0.390 e. The first-order valence-corrected chi connectivity index (χ1v) is 8.49. The zero-order chi connectivity index (χ0) is 15.3. The molecule has 0 aromatic carbocycles. The fourth-order valence-corrected chi connectivity index (χ4v) is 4.91. The molecule has 5 atom stereocenters. The van der Waals surface area contributed by atoms with Crippen molar-refractivity contribution >= 4 is 27.3 Å². The normalized spacial score (nSPS) is 33.5. The summed E-state index contributed by atoms with van der Waals surface area (Å²) in [6, 6.07) is 3.88. The maximum atomic E-state index is 12.4. The van der Waals surface area contributed by atoms with Crippen LogP contribution in [0.2, 0.25) is 0 Å². The number of fused-ring (bicyclic) bond motifs is 3. The van der Waals surface area contributed by atoms with Crippen LogP contribution in [-0.4, -0.2) is 39.9 Å². The van der Waals surface area contributed by atoms with E-state index in [9.17, 15) is 15.0 Å². The Morgan fingerprint density at radius 2 is 2.18 bits per heavy atom. The van der Waals surface area contributed by atoms with E-state index >= 15 is 0 Å². The van der Waals surface area contributed by atoms with E-state index in [1.165, 1.54) is 11.3 Å². The summed E-state index contributed by atoms with van der Waals surface area (Å²) < 4.78 is 0.906. The van der Waals surface area contributed by atoms with Crippen LogP contribution in [0.3, 0.4) is 0 Å². The molecule has 2 bridgehead atoms. The predicted molar refractivity (Wildman–Crippen MR) is 83.7 cm³/mol. The lowest BCUT2D eigenvalue weighted by Gasteiger charge is -2.29. The highest BCUT2D eigenvalue weighted by molar-refractivity contribution is 7.17. The molecule has 0 radical (unpaired) electrons. The number of aromatic nitrogens is 1. The van der Waals surface area contributed by atoms with Crippen LogP contribution >= 0.6 is 11.3 Å². The molecule has 1 amide bonds. The van der Waals surface area contributed by atoms with E-state index in [4.69, 9.17) is 0 Å². The third-order valence-electron chi connectivity index (χ3n) is 5.17. The number of rotatable bonds is 3. The van der Waals surface area contributed by atoms with Crippen LogP contribution in [0.1, 0.15) is 23.3 Å². The van der Waals surface area contributed by atoms with Gasteiger partial charge in [0.1, 0.15) is 5.69 Å². The molecule has 0 unspecified atom stereocenters. The molecule has 2 aromatic heterocycles. The Hall–Kier alpha value is -1.50. The van der Waals surface area contributed by atoms with Gasteiger partial charge >= 0.3 is 0 Å². The second kappa shape index (κ2) is 5.30. The van der Waals surface area contributed by atoms with Gasteiger partial charge in [-0.3, -0.25) is 4.79 Å². The van der Waals surface area contributed by atoms with Crippen molar-refractivity contribution in [3.63, 3.8) is 0 Å². The lowest BCUT2D eigenvalue weighted by atomic mass is 9.85. The first-order valence-electron chi connectivity index (χ1n) is 7.61. The average Bonchev–Trinajstić information content (AvgIpc) is 3.21. The Balaban J connectivity index is 1.44. The van der Waals surface area contributed by atoms with Gasteiger partial charge in [0.15, 0.2) is 0 Å². The Morgan fingerprint density at radius 1 is 1.32 bits per heavy atom. The number of pyridine rings is 1. The molecule has 2 aromatic rings. The molecule has 4 rings (SSSR count). The number of amides is 1. The van der Waals surface area contributed by atoms with Crippen LogP contribution in [-0.2, 0) is 0 Å². The van der Waals surface area contributed by atoms with Crippen molar-refractivity contribution in [3.05, 3.63) is 29.4 Å². The number of carbonyl (C=O) groups is 1. The molecule has 0 saturated heterocycles. The standard InChI is InChI=1S/C16H18N2O3S/c19-13-9-5-10(11(6-9)14(13)20)7-18-16(21)12-15-8(1-3-17-12)2-4-22-15/h1-4,9-11,13-14,19-20H,5-7H2,(H,18,21)/t9-,10-,11-,13+,14-/m1/s1. The van der Waals surface area contributed by atoms with Gasteiger partial charge in [0.25, 0.3) is 5.91 Å². The van der Waals surface area contributed by atoms with Gasteiger partial charge in [-0.15, -0.1) is 11.3 Å². The van der Waals surface area contributed by atoms with Gasteiger partial charge in [-0.2, -0.15) is 0 Å². The van der Waals surface area contributed by atoms with Crippen molar-refractivity contribution < 1.29 is 15.0 Å². The zero-order valence-electron chi connectivity index (χ0n) is 12.0. The molecular weight excluding hydrogens is 300 g/mol. The molecule has 2 fully saturated rings. The fraction of sp³-hybridized carbons (Fsp3) is 0.500. The summed E-state index contributed by atoms with van der Waals surface area (Å²) in [5, 5.41) is 25.7. The number of hydrogen-bond acceptors (Lipinski definition) is 5. The number of hydrogen-bond donors (Lipinski definition) is 3. The summed E-state index contributed by atoms with van der Waals surface area (Å²) in [6.07, 6.45) is 2.17. The quantitative estimate of drug-likeness (QED) is 0.799. The lowest BCUT2D eigenvalue weighted by molar-refractivity contribution is -0.0332. The Morgan fingerprint density at radius 3 is 2.95 bits per heavy atom. The van der Waals surface area contributed by atoms with Crippen LogP contribution in [0.15, 0.2) is 23.7 Å². The van der Waals surface area contributed by atoms with Crippen LogP contribution in [0.25, 0.3) is 10.1 Å². The highest BCUT2D eigenvalue weighted by atomic mass is 32.1. The van der Waals surface area contributed by atoms with Gasteiger partial charge in [0.2, 0.25) is 0 Å². The van der Waals surface area contributed by atoms with E-state index < -0.39 is 12.2 Å². The van der Waals surface area contributed by atoms with Gasteiger partial charge in [0.05, 0.1) is 16.9 Å². The highest BCUT2D eigenvalue weighted by Gasteiger charge is 2.51. The summed E-state index contributed by atoms with van der Waals surface area (Å²) in [4.78, 5) is 16.6. The molecule has 2 aliphatic carbocycles. The summed E-state index contributed by atoms with van der Waals surface area (Å²) in [6.45, 7) is 0.535. The van der Waals surface area contributed by atoms with Crippen molar-refractivity contribution in [3.8, 4) is 0 Å². The second-order valence-electron chi connectivity index (χ2n) is 6.35. The first-order chi connectivity index (χ1) is 10.6. The molecule has 3 N–H and O–H groups in total. The Labute approximate surface area is 132 Å².